The van der Waals surface area contributed by atoms with E-state index in [0.29, 0.717) is 19.0 Å². The van der Waals surface area contributed by atoms with Gasteiger partial charge in [-0.3, -0.25) is 9.36 Å². The minimum absolute atomic E-state index is 0.266. The van der Waals surface area contributed by atoms with Crippen LogP contribution in [0.2, 0.25) is 0 Å². The zero-order valence-electron chi connectivity index (χ0n) is 9.85. The minimum Gasteiger partial charge on any atom is -0.329 e. The molecule has 1 rings (SSSR count). The summed E-state index contributed by atoms with van der Waals surface area (Å²) >= 11 is 0. The van der Waals surface area contributed by atoms with E-state index < -0.39 is 0 Å². The van der Waals surface area contributed by atoms with Crippen LogP contribution in [0.3, 0.4) is 0 Å². The second kappa shape index (κ2) is 5.65. The summed E-state index contributed by atoms with van der Waals surface area (Å²) in [4.78, 5) is 23.3. The average molecular weight is 225 g/mol. The number of nitrogens with two attached hydrogens (primary N) is 1. The molecule has 0 radical (unpaired) electrons. The summed E-state index contributed by atoms with van der Waals surface area (Å²) in [6.45, 7) is 5.36. The van der Waals surface area contributed by atoms with Gasteiger partial charge < -0.3 is 10.3 Å². The molecule has 5 nitrogen and oxygen atoms in total. The highest BCUT2D eigenvalue weighted by Crippen LogP contribution is 2.01. The van der Waals surface area contributed by atoms with Crippen LogP contribution in [0.4, 0.5) is 0 Å². The van der Waals surface area contributed by atoms with E-state index in [2.05, 4.69) is 13.8 Å². The minimum atomic E-state index is -0.282. The van der Waals surface area contributed by atoms with Gasteiger partial charge in [0.15, 0.2) is 0 Å². The van der Waals surface area contributed by atoms with Gasteiger partial charge in [-0.1, -0.05) is 20.3 Å². The molecule has 0 aliphatic carbocycles. The topological polar surface area (TPSA) is 70.0 Å². The smallest absolute Gasteiger partial charge is 0.329 e. The fraction of sp³-hybridized carbons (Fsp3) is 0.636. The molecule has 16 heavy (non-hydrogen) atoms. The van der Waals surface area contributed by atoms with E-state index in [-0.39, 0.29) is 17.8 Å². The van der Waals surface area contributed by atoms with Crippen LogP contribution in [0.15, 0.2) is 21.9 Å². The average Bonchev–Trinajstić information content (AvgIpc) is 2.28. The maximum Gasteiger partial charge on any atom is 0.331 e. The Morgan fingerprint density at radius 1 is 1.44 bits per heavy atom. The first-order chi connectivity index (χ1) is 7.60. The fourth-order valence-corrected chi connectivity index (χ4v) is 1.50. The predicted octanol–water partition coefficient (Wildman–Crippen LogP) is 0.0148. The quantitative estimate of drug-likeness (QED) is 0.767. The molecule has 90 valence electrons. The molecule has 0 saturated carbocycles. The van der Waals surface area contributed by atoms with Gasteiger partial charge in [0.05, 0.1) is 0 Å². The van der Waals surface area contributed by atoms with E-state index >= 15 is 0 Å². The molecule has 1 heterocycles. The van der Waals surface area contributed by atoms with Crippen molar-refractivity contribution in [2.24, 2.45) is 11.7 Å². The molecule has 0 amide bonds. The van der Waals surface area contributed by atoms with Crippen LogP contribution in [0.1, 0.15) is 20.3 Å². The van der Waals surface area contributed by atoms with Crippen LogP contribution in [-0.2, 0) is 13.1 Å². The van der Waals surface area contributed by atoms with E-state index in [9.17, 15) is 9.59 Å². The van der Waals surface area contributed by atoms with Crippen LogP contribution in [0.25, 0.3) is 0 Å². The van der Waals surface area contributed by atoms with E-state index in [1.165, 1.54) is 10.6 Å². The van der Waals surface area contributed by atoms with Gasteiger partial charge in [0.25, 0.3) is 5.56 Å². The van der Waals surface area contributed by atoms with Gasteiger partial charge in [-0.15, -0.1) is 0 Å². The van der Waals surface area contributed by atoms with E-state index in [4.69, 9.17) is 5.73 Å². The Hall–Kier alpha value is -1.36. The molecule has 0 aliphatic rings. The molecule has 0 bridgehead atoms. The van der Waals surface area contributed by atoms with Crippen LogP contribution in [-0.4, -0.2) is 15.7 Å². The van der Waals surface area contributed by atoms with Gasteiger partial charge in [0.2, 0.25) is 0 Å². The number of rotatable bonds is 5. The molecule has 0 aromatic carbocycles. The Kier molecular flexibility index (Phi) is 4.49. The Bertz CT molecular complexity index is 447. The van der Waals surface area contributed by atoms with E-state index in [1.54, 1.807) is 10.8 Å². The number of hydrogen-bond acceptors (Lipinski definition) is 3. The summed E-state index contributed by atoms with van der Waals surface area (Å²) in [5, 5.41) is 0. The van der Waals surface area contributed by atoms with Gasteiger partial charge in [-0.25, -0.2) is 4.79 Å². The van der Waals surface area contributed by atoms with Crippen molar-refractivity contribution in [3.8, 4) is 0 Å². The highest BCUT2D eigenvalue weighted by molar-refractivity contribution is 4.86. The highest BCUT2D eigenvalue weighted by atomic mass is 16.2. The predicted molar refractivity (Wildman–Crippen MR) is 63.5 cm³/mol. The zero-order valence-corrected chi connectivity index (χ0v) is 9.85. The summed E-state index contributed by atoms with van der Waals surface area (Å²) in [6, 6.07) is 1.42. The molecule has 0 spiro atoms. The van der Waals surface area contributed by atoms with E-state index in [0.717, 1.165) is 6.42 Å². The lowest BCUT2D eigenvalue weighted by Gasteiger charge is -2.12. The third-order valence-corrected chi connectivity index (χ3v) is 2.70. The van der Waals surface area contributed by atoms with Crippen LogP contribution in [0.5, 0.6) is 0 Å². The maximum atomic E-state index is 11.9. The molecule has 2 N–H and O–H groups in total. The highest BCUT2D eigenvalue weighted by Gasteiger charge is 2.06. The first kappa shape index (κ1) is 12.7. The Labute approximate surface area is 94.5 Å². The molecular formula is C11H19N3O2. The van der Waals surface area contributed by atoms with Crippen LogP contribution < -0.4 is 17.0 Å². The monoisotopic (exact) mass is 225 g/mol. The molecule has 1 aromatic heterocycles. The summed E-state index contributed by atoms with van der Waals surface area (Å²) in [6.07, 6.45) is 2.56. The first-order valence-corrected chi connectivity index (χ1v) is 5.60. The normalized spacial score (nSPS) is 12.7. The molecule has 1 atom stereocenters. The second-order valence-corrected chi connectivity index (χ2v) is 4.04. The summed E-state index contributed by atoms with van der Waals surface area (Å²) < 4.78 is 2.76. The Balaban J connectivity index is 3.09. The van der Waals surface area contributed by atoms with Gasteiger partial charge in [-0.05, 0) is 5.92 Å². The SMILES string of the molecule is CCC(C)Cn1ccc(=O)n(CCN)c1=O. The van der Waals surface area contributed by atoms with Crippen molar-refractivity contribution >= 4 is 0 Å². The number of aromatic nitrogens is 2. The molecule has 0 fully saturated rings. The third-order valence-electron chi connectivity index (χ3n) is 2.70. The third kappa shape index (κ3) is 2.82. The summed E-state index contributed by atoms with van der Waals surface area (Å²) in [5.74, 6) is 0.418. The van der Waals surface area contributed by atoms with E-state index in [1.807, 2.05) is 0 Å². The van der Waals surface area contributed by atoms with Crippen molar-refractivity contribution in [3.63, 3.8) is 0 Å². The van der Waals surface area contributed by atoms with Crippen molar-refractivity contribution in [2.45, 2.75) is 33.4 Å². The zero-order chi connectivity index (χ0) is 12.1. The Morgan fingerprint density at radius 2 is 2.12 bits per heavy atom. The lowest BCUT2D eigenvalue weighted by atomic mass is 10.1. The molecule has 0 aliphatic heterocycles. The van der Waals surface area contributed by atoms with Gasteiger partial charge >= 0.3 is 5.69 Å². The molecular weight excluding hydrogens is 206 g/mol. The van der Waals surface area contributed by atoms with Crippen LogP contribution in [0, 0.1) is 5.92 Å². The number of nitrogens with zero attached hydrogens (tertiary/aromatic N) is 2. The standard InChI is InChI=1S/C11H19N3O2/c1-3-9(2)8-13-6-4-10(15)14(7-5-12)11(13)16/h4,6,9H,3,5,7-8,12H2,1-2H3. The largest absolute Gasteiger partial charge is 0.331 e. The van der Waals surface area contributed by atoms with Gasteiger partial charge in [-0.2, -0.15) is 0 Å². The molecule has 1 unspecified atom stereocenters. The summed E-state index contributed by atoms with van der Waals surface area (Å²) in [5.41, 5.74) is 4.82. The molecule has 0 saturated heterocycles. The van der Waals surface area contributed by atoms with Gasteiger partial charge in [0.1, 0.15) is 0 Å². The Morgan fingerprint density at radius 3 is 2.69 bits per heavy atom. The molecule has 5 heteroatoms. The van der Waals surface area contributed by atoms with Crippen LogP contribution >= 0.6 is 0 Å². The lowest BCUT2D eigenvalue weighted by Crippen LogP contribution is -2.41. The van der Waals surface area contributed by atoms with Crippen molar-refractivity contribution < 1.29 is 0 Å². The fourth-order valence-electron chi connectivity index (χ4n) is 1.50. The van der Waals surface area contributed by atoms with Crippen molar-refractivity contribution in [1.82, 2.24) is 9.13 Å². The lowest BCUT2D eigenvalue weighted by molar-refractivity contribution is 0.438. The summed E-state index contributed by atoms with van der Waals surface area (Å²) in [7, 11) is 0. The van der Waals surface area contributed by atoms with Gasteiger partial charge in [0, 0.05) is 31.9 Å². The number of hydrogen-bond donors (Lipinski definition) is 1. The second-order valence-electron chi connectivity index (χ2n) is 4.04. The maximum absolute atomic E-state index is 11.9. The molecule has 1 aromatic rings. The van der Waals surface area contributed by atoms with Crippen molar-refractivity contribution in [3.05, 3.63) is 33.1 Å². The van der Waals surface area contributed by atoms with Crippen molar-refractivity contribution in [2.75, 3.05) is 6.54 Å². The first-order valence-electron chi connectivity index (χ1n) is 5.60. The van der Waals surface area contributed by atoms with Crippen molar-refractivity contribution in [1.29, 1.82) is 0 Å².